The van der Waals surface area contributed by atoms with E-state index in [-0.39, 0.29) is 24.8 Å². The maximum Gasteiger partial charge on any atom is 0.0635 e. The molecule has 0 unspecified atom stereocenters. The number of halogens is 2. The van der Waals surface area contributed by atoms with Gasteiger partial charge in [-0.15, -0.1) is 24.8 Å². The molecule has 0 amide bonds. The summed E-state index contributed by atoms with van der Waals surface area (Å²) in [7, 11) is 0. The number of morpholine rings is 1. The van der Waals surface area contributed by atoms with Crippen LogP contribution in [0.1, 0.15) is 17.0 Å². The SMILES string of the molecule is Cl.Cl.c1ccc(C(c2ccccc2)[C@@H]2CNC[C@@H]3COCCN32)cc1. The van der Waals surface area contributed by atoms with Gasteiger partial charge in [0.2, 0.25) is 0 Å². The molecule has 2 aromatic rings. The Hall–Kier alpha value is -1.10. The zero-order valence-corrected chi connectivity index (χ0v) is 15.8. The van der Waals surface area contributed by atoms with Gasteiger partial charge in [0.15, 0.2) is 0 Å². The van der Waals surface area contributed by atoms with Gasteiger partial charge in [-0.2, -0.15) is 0 Å². The van der Waals surface area contributed by atoms with E-state index in [9.17, 15) is 0 Å². The van der Waals surface area contributed by atoms with E-state index in [1.807, 2.05) is 0 Å². The van der Waals surface area contributed by atoms with E-state index in [4.69, 9.17) is 4.74 Å². The number of hydrogen-bond acceptors (Lipinski definition) is 3. The second-order valence-corrected chi connectivity index (χ2v) is 6.49. The maximum atomic E-state index is 5.70. The van der Waals surface area contributed by atoms with Crippen molar-refractivity contribution < 1.29 is 4.74 Å². The van der Waals surface area contributed by atoms with Gasteiger partial charge >= 0.3 is 0 Å². The van der Waals surface area contributed by atoms with Gasteiger partial charge in [-0.3, -0.25) is 4.90 Å². The molecule has 2 fully saturated rings. The number of rotatable bonds is 3. The molecule has 25 heavy (non-hydrogen) atoms. The lowest BCUT2D eigenvalue weighted by Gasteiger charge is -2.48. The Labute approximate surface area is 162 Å². The van der Waals surface area contributed by atoms with E-state index in [1.165, 1.54) is 11.1 Å². The average molecular weight is 381 g/mol. The fraction of sp³-hybridized carbons (Fsp3) is 0.400. The van der Waals surface area contributed by atoms with Crippen LogP contribution in [0.5, 0.6) is 0 Å². The van der Waals surface area contributed by atoms with Crippen LogP contribution in [0.4, 0.5) is 0 Å². The Bertz CT molecular complexity index is 585. The van der Waals surface area contributed by atoms with Crippen molar-refractivity contribution in [2.24, 2.45) is 0 Å². The monoisotopic (exact) mass is 380 g/mol. The van der Waals surface area contributed by atoms with Crippen molar-refractivity contribution in [3.05, 3.63) is 71.8 Å². The zero-order chi connectivity index (χ0) is 15.5. The summed E-state index contributed by atoms with van der Waals surface area (Å²) in [6.07, 6.45) is 0. The molecule has 0 aliphatic carbocycles. The number of ether oxygens (including phenoxy) is 1. The quantitative estimate of drug-likeness (QED) is 0.883. The molecule has 4 rings (SSSR count). The number of nitrogens with one attached hydrogen (secondary N) is 1. The van der Waals surface area contributed by atoms with Gasteiger partial charge in [0, 0.05) is 37.6 Å². The zero-order valence-electron chi connectivity index (χ0n) is 14.2. The maximum absolute atomic E-state index is 5.70. The minimum atomic E-state index is 0. The van der Waals surface area contributed by atoms with Crippen molar-refractivity contribution >= 4 is 24.8 Å². The first-order valence-electron chi connectivity index (χ1n) is 8.57. The minimum Gasteiger partial charge on any atom is -0.378 e. The molecule has 0 spiro atoms. The Balaban J connectivity index is 0.00000113. The van der Waals surface area contributed by atoms with Crippen LogP contribution in [0.25, 0.3) is 0 Å². The Kier molecular flexibility index (Phi) is 7.73. The summed E-state index contributed by atoms with van der Waals surface area (Å²) in [5.41, 5.74) is 2.80. The molecular formula is C20H26Cl2N2O. The standard InChI is InChI=1S/C20H24N2O.2ClH/c1-3-7-16(8-4-1)20(17-9-5-2-6-10-17)19-14-21-13-18-15-23-12-11-22(18)19;;/h1-10,18-21H,11-15H2;2*1H/t18-,19+;;/m1../s1. The van der Waals surface area contributed by atoms with Crippen molar-refractivity contribution in [2.45, 2.75) is 18.0 Å². The Morgan fingerprint density at radius 2 is 1.48 bits per heavy atom. The fourth-order valence-electron chi connectivity index (χ4n) is 4.06. The van der Waals surface area contributed by atoms with Crippen LogP contribution < -0.4 is 5.32 Å². The number of benzene rings is 2. The lowest BCUT2D eigenvalue weighted by Crippen LogP contribution is -2.63. The molecule has 2 heterocycles. The van der Waals surface area contributed by atoms with Crippen molar-refractivity contribution in [1.29, 1.82) is 0 Å². The lowest BCUT2D eigenvalue weighted by atomic mass is 9.82. The van der Waals surface area contributed by atoms with Gasteiger partial charge in [-0.05, 0) is 11.1 Å². The highest BCUT2D eigenvalue weighted by molar-refractivity contribution is 5.85. The highest BCUT2D eigenvalue weighted by Crippen LogP contribution is 2.33. The molecule has 0 bridgehead atoms. The molecular weight excluding hydrogens is 355 g/mol. The highest BCUT2D eigenvalue weighted by atomic mass is 35.5. The van der Waals surface area contributed by atoms with Crippen molar-refractivity contribution in [2.75, 3.05) is 32.8 Å². The average Bonchev–Trinajstić information content (AvgIpc) is 2.64. The first-order chi connectivity index (χ1) is 11.4. The number of nitrogens with zero attached hydrogens (tertiary/aromatic N) is 1. The largest absolute Gasteiger partial charge is 0.378 e. The topological polar surface area (TPSA) is 24.5 Å². The molecule has 1 N–H and O–H groups in total. The van der Waals surface area contributed by atoms with Gasteiger partial charge in [0.25, 0.3) is 0 Å². The van der Waals surface area contributed by atoms with Crippen molar-refractivity contribution in [3.8, 4) is 0 Å². The van der Waals surface area contributed by atoms with Crippen molar-refractivity contribution in [3.63, 3.8) is 0 Å². The summed E-state index contributed by atoms with van der Waals surface area (Å²) in [6.45, 7) is 4.80. The van der Waals surface area contributed by atoms with E-state index in [0.717, 1.165) is 32.8 Å². The summed E-state index contributed by atoms with van der Waals surface area (Å²) in [5, 5.41) is 3.63. The van der Waals surface area contributed by atoms with Gasteiger partial charge in [-0.25, -0.2) is 0 Å². The van der Waals surface area contributed by atoms with Gasteiger partial charge in [0.05, 0.1) is 13.2 Å². The van der Waals surface area contributed by atoms with Crippen LogP contribution in [0.15, 0.2) is 60.7 Å². The van der Waals surface area contributed by atoms with Gasteiger partial charge in [0.1, 0.15) is 0 Å². The second kappa shape index (κ2) is 9.56. The number of hydrogen-bond donors (Lipinski definition) is 1. The molecule has 2 aromatic carbocycles. The van der Waals surface area contributed by atoms with Gasteiger partial charge < -0.3 is 10.1 Å². The summed E-state index contributed by atoms with van der Waals surface area (Å²) >= 11 is 0. The van der Waals surface area contributed by atoms with Gasteiger partial charge in [-0.1, -0.05) is 60.7 Å². The third-order valence-corrected chi connectivity index (χ3v) is 5.13. The van der Waals surface area contributed by atoms with Crippen LogP contribution in [-0.4, -0.2) is 49.8 Å². The Morgan fingerprint density at radius 1 is 0.880 bits per heavy atom. The van der Waals surface area contributed by atoms with Crippen LogP contribution >= 0.6 is 24.8 Å². The summed E-state index contributed by atoms with van der Waals surface area (Å²) in [5.74, 6) is 0.394. The molecule has 0 radical (unpaired) electrons. The van der Waals surface area contributed by atoms with E-state index in [2.05, 4.69) is 70.9 Å². The molecule has 136 valence electrons. The molecule has 2 aliphatic rings. The van der Waals surface area contributed by atoms with Crippen LogP contribution in [0, 0.1) is 0 Å². The molecule has 0 saturated carbocycles. The third kappa shape index (κ3) is 4.36. The van der Waals surface area contributed by atoms with Crippen LogP contribution in [0.2, 0.25) is 0 Å². The second-order valence-electron chi connectivity index (χ2n) is 6.49. The predicted octanol–water partition coefficient (Wildman–Crippen LogP) is 3.33. The third-order valence-electron chi connectivity index (χ3n) is 5.13. The molecule has 0 aromatic heterocycles. The number of piperazine rings is 1. The molecule has 2 atom stereocenters. The summed E-state index contributed by atoms with van der Waals surface area (Å²) < 4.78 is 5.70. The normalized spacial score (nSPS) is 23.2. The lowest BCUT2D eigenvalue weighted by molar-refractivity contribution is -0.0451. The Morgan fingerprint density at radius 3 is 2.08 bits per heavy atom. The molecule has 2 saturated heterocycles. The van der Waals surface area contributed by atoms with Crippen LogP contribution in [-0.2, 0) is 4.74 Å². The number of fused-ring (bicyclic) bond motifs is 1. The van der Waals surface area contributed by atoms with Crippen molar-refractivity contribution in [1.82, 2.24) is 10.2 Å². The smallest absolute Gasteiger partial charge is 0.0635 e. The van der Waals surface area contributed by atoms with E-state index in [0.29, 0.717) is 18.0 Å². The van der Waals surface area contributed by atoms with E-state index in [1.54, 1.807) is 0 Å². The predicted molar refractivity (Wildman–Crippen MR) is 107 cm³/mol. The molecule has 2 aliphatic heterocycles. The van der Waals surface area contributed by atoms with Crippen LogP contribution in [0.3, 0.4) is 0 Å². The summed E-state index contributed by atoms with van der Waals surface area (Å²) in [4.78, 5) is 2.67. The molecule has 3 nitrogen and oxygen atoms in total. The first kappa shape index (κ1) is 20.2. The fourth-order valence-corrected chi connectivity index (χ4v) is 4.06. The highest BCUT2D eigenvalue weighted by Gasteiger charge is 2.38. The minimum absolute atomic E-state index is 0. The first-order valence-corrected chi connectivity index (χ1v) is 8.57. The summed E-state index contributed by atoms with van der Waals surface area (Å²) in [6, 6.07) is 22.8. The van der Waals surface area contributed by atoms with E-state index >= 15 is 0 Å². The molecule has 5 heteroatoms. The van der Waals surface area contributed by atoms with E-state index < -0.39 is 0 Å².